The van der Waals surface area contributed by atoms with E-state index in [4.69, 9.17) is 5.73 Å². The highest BCUT2D eigenvalue weighted by Gasteiger charge is 2.09. The molecule has 25 heavy (non-hydrogen) atoms. The summed E-state index contributed by atoms with van der Waals surface area (Å²) in [6.07, 6.45) is 3.59. The molecule has 1 heterocycles. The van der Waals surface area contributed by atoms with Gasteiger partial charge >= 0.3 is 0 Å². The molecular weight excluding hydrogens is 314 g/mol. The van der Waals surface area contributed by atoms with Gasteiger partial charge in [0.05, 0.1) is 0 Å². The lowest BCUT2D eigenvalue weighted by Crippen LogP contribution is -2.26. The van der Waals surface area contributed by atoms with Gasteiger partial charge in [-0.1, -0.05) is 36.4 Å². The first-order chi connectivity index (χ1) is 12.1. The van der Waals surface area contributed by atoms with Crippen molar-refractivity contribution in [2.75, 3.05) is 6.54 Å². The van der Waals surface area contributed by atoms with Crippen molar-refractivity contribution in [2.45, 2.75) is 19.3 Å². The minimum Gasteiger partial charge on any atom is -0.366 e. The molecule has 0 spiro atoms. The zero-order valence-corrected chi connectivity index (χ0v) is 13.9. The van der Waals surface area contributed by atoms with Crippen LogP contribution in [-0.2, 0) is 17.6 Å². The van der Waals surface area contributed by atoms with Gasteiger partial charge in [0.1, 0.15) is 0 Å². The van der Waals surface area contributed by atoms with Crippen LogP contribution in [-0.4, -0.2) is 23.3 Å². The molecule has 0 aliphatic rings. The molecule has 2 aromatic carbocycles. The second-order valence-electron chi connectivity index (χ2n) is 5.98. The standard InChI is InChI=1S/C20H21N3O2/c21-20(25)17-7-2-1-5-14(17)9-10-19(24)22-12-11-15-13-23-18-8-4-3-6-16(15)18/h1-8,13,23H,9-12H2,(H2,21,25)(H,22,24). The van der Waals surface area contributed by atoms with Crippen LogP contribution in [0.4, 0.5) is 0 Å². The van der Waals surface area contributed by atoms with E-state index in [-0.39, 0.29) is 5.91 Å². The van der Waals surface area contributed by atoms with Gasteiger partial charge < -0.3 is 16.0 Å². The number of para-hydroxylation sites is 1. The summed E-state index contributed by atoms with van der Waals surface area (Å²) < 4.78 is 0. The lowest BCUT2D eigenvalue weighted by atomic mass is 10.0. The fraction of sp³-hybridized carbons (Fsp3) is 0.200. The summed E-state index contributed by atoms with van der Waals surface area (Å²) in [6.45, 7) is 0.581. The highest BCUT2D eigenvalue weighted by molar-refractivity contribution is 5.94. The van der Waals surface area contributed by atoms with Gasteiger partial charge in [-0.15, -0.1) is 0 Å². The summed E-state index contributed by atoms with van der Waals surface area (Å²) in [5.41, 5.74) is 8.94. The van der Waals surface area contributed by atoms with E-state index in [1.54, 1.807) is 12.1 Å². The number of hydrogen-bond donors (Lipinski definition) is 3. The van der Waals surface area contributed by atoms with Crippen molar-refractivity contribution >= 4 is 22.7 Å². The Labute approximate surface area is 146 Å². The highest BCUT2D eigenvalue weighted by Crippen LogP contribution is 2.17. The minimum absolute atomic E-state index is 0.0286. The topological polar surface area (TPSA) is 88.0 Å². The molecule has 5 heteroatoms. The number of hydrogen-bond acceptors (Lipinski definition) is 2. The molecule has 0 bridgehead atoms. The normalized spacial score (nSPS) is 10.7. The van der Waals surface area contributed by atoms with Crippen LogP contribution >= 0.6 is 0 Å². The van der Waals surface area contributed by atoms with Crippen LogP contribution in [0.25, 0.3) is 10.9 Å². The van der Waals surface area contributed by atoms with E-state index in [0.717, 1.165) is 17.5 Å². The number of amides is 2. The molecule has 3 aromatic rings. The Morgan fingerprint density at radius 1 is 0.960 bits per heavy atom. The van der Waals surface area contributed by atoms with Crippen molar-refractivity contribution < 1.29 is 9.59 Å². The van der Waals surface area contributed by atoms with Gasteiger partial charge in [-0.2, -0.15) is 0 Å². The number of nitrogens with two attached hydrogens (primary N) is 1. The number of benzene rings is 2. The number of primary amides is 1. The summed E-state index contributed by atoms with van der Waals surface area (Å²) in [5, 5.41) is 4.12. The summed E-state index contributed by atoms with van der Waals surface area (Å²) in [5.74, 6) is -0.491. The van der Waals surface area contributed by atoms with E-state index in [9.17, 15) is 9.59 Å². The molecule has 5 nitrogen and oxygen atoms in total. The van der Waals surface area contributed by atoms with Crippen molar-refractivity contribution in [2.24, 2.45) is 5.73 Å². The lowest BCUT2D eigenvalue weighted by molar-refractivity contribution is -0.121. The van der Waals surface area contributed by atoms with Crippen LogP contribution in [0.1, 0.15) is 27.9 Å². The van der Waals surface area contributed by atoms with Gasteiger partial charge in [0.25, 0.3) is 0 Å². The number of aromatic amines is 1. The molecule has 0 aliphatic heterocycles. The van der Waals surface area contributed by atoms with E-state index < -0.39 is 5.91 Å². The second-order valence-corrected chi connectivity index (χ2v) is 5.98. The molecular formula is C20H21N3O2. The third-order valence-electron chi connectivity index (χ3n) is 4.30. The van der Waals surface area contributed by atoms with Crippen LogP contribution in [0.5, 0.6) is 0 Å². The smallest absolute Gasteiger partial charge is 0.248 e. The summed E-state index contributed by atoms with van der Waals surface area (Å²) in [7, 11) is 0. The first-order valence-electron chi connectivity index (χ1n) is 8.34. The van der Waals surface area contributed by atoms with E-state index >= 15 is 0 Å². The Bertz CT molecular complexity index is 899. The average molecular weight is 335 g/mol. The summed E-state index contributed by atoms with van der Waals surface area (Å²) in [4.78, 5) is 26.7. The molecule has 0 aliphatic carbocycles. The zero-order chi connectivity index (χ0) is 17.6. The van der Waals surface area contributed by atoms with Crippen molar-refractivity contribution in [3.63, 3.8) is 0 Å². The number of rotatable bonds is 7. The number of aryl methyl sites for hydroxylation is 1. The lowest BCUT2D eigenvalue weighted by Gasteiger charge is -2.07. The Morgan fingerprint density at radius 2 is 1.72 bits per heavy atom. The fourth-order valence-electron chi connectivity index (χ4n) is 2.99. The van der Waals surface area contributed by atoms with Crippen molar-refractivity contribution in [3.05, 3.63) is 71.4 Å². The van der Waals surface area contributed by atoms with Crippen LogP contribution < -0.4 is 11.1 Å². The third-order valence-corrected chi connectivity index (χ3v) is 4.30. The number of H-pyrrole nitrogens is 1. The maximum Gasteiger partial charge on any atom is 0.248 e. The number of nitrogens with one attached hydrogen (secondary N) is 2. The molecule has 0 saturated heterocycles. The second kappa shape index (κ2) is 7.66. The van der Waals surface area contributed by atoms with E-state index in [1.807, 2.05) is 36.5 Å². The third kappa shape index (κ3) is 4.07. The Morgan fingerprint density at radius 3 is 2.56 bits per heavy atom. The highest BCUT2D eigenvalue weighted by atomic mass is 16.1. The number of fused-ring (bicyclic) bond motifs is 1. The van der Waals surface area contributed by atoms with E-state index in [1.165, 1.54) is 10.9 Å². The van der Waals surface area contributed by atoms with Crippen molar-refractivity contribution in [1.29, 1.82) is 0 Å². The maximum absolute atomic E-state index is 12.1. The predicted octanol–water partition coefficient (Wildman–Crippen LogP) is 2.56. The first kappa shape index (κ1) is 16.8. The van der Waals surface area contributed by atoms with Crippen molar-refractivity contribution in [1.82, 2.24) is 10.3 Å². The monoisotopic (exact) mass is 335 g/mol. The van der Waals surface area contributed by atoms with Crippen molar-refractivity contribution in [3.8, 4) is 0 Å². The zero-order valence-electron chi connectivity index (χ0n) is 13.9. The molecule has 4 N–H and O–H groups in total. The van der Waals surface area contributed by atoms with E-state index in [0.29, 0.717) is 24.9 Å². The summed E-state index contributed by atoms with van der Waals surface area (Å²) in [6, 6.07) is 15.2. The molecule has 1 aromatic heterocycles. The van der Waals surface area contributed by atoms with Gasteiger partial charge in [0.2, 0.25) is 11.8 Å². The Kier molecular flexibility index (Phi) is 5.14. The number of carbonyl (C=O) groups excluding carboxylic acids is 2. The van der Waals surface area contributed by atoms with Crippen LogP contribution in [0.15, 0.2) is 54.7 Å². The van der Waals surface area contributed by atoms with Gasteiger partial charge in [0.15, 0.2) is 0 Å². The quantitative estimate of drug-likeness (QED) is 0.619. The molecule has 128 valence electrons. The Hall–Kier alpha value is -3.08. The fourth-order valence-corrected chi connectivity index (χ4v) is 2.99. The van der Waals surface area contributed by atoms with Gasteiger partial charge in [-0.3, -0.25) is 9.59 Å². The Balaban J connectivity index is 1.50. The van der Waals surface area contributed by atoms with Crippen LogP contribution in [0.2, 0.25) is 0 Å². The molecule has 3 rings (SSSR count). The maximum atomic E-state index is 12.1. The van der Waals surface area contributed by atoms with Gasteiger partial charge in [0, 0.05) is 35.6 Å². The first-order valence-corrected chi connectivity index (χ1v) is 8.34. The minimum atomic E-state index is -0.463. The molecule has 0 fully saturated rings. The van der Waals surface area contributed by atoms with E-state index in [2.05, 4.69) is 16.4 Å². The molecule has 0 unspecified atom stereocenters. The largest absolute Gasteiger partial charge is 0.366 e. The summed E-state index contributed by atoms with van der Waals surface area (Å²) >= 11 is 0. The van der Waals surface area contributed by atoms with Crippen LogP contribution in [0, 0.1) is 0 Å². The molecule has 2 amide bonds. The van der Waals surface area contributed by atoms with Gasteiger partial charge in [-0.05, 0) is 36.1 Å². The van der Waals surface area contributed by atoms with Crippen LogP contribution in [0.3, 0.4) is 0 Å². The predicted molar refractivity (Wildman–Crippen MR) is 98.3 cm³/mol. The molecule has 0 radical (unpaired) electrons. The number of aromatic nitrogens is 1. The molecule has 0 saturated carbocycles. The van der Waals surface area contributed by atoms with Gasteiger partial charge in [-0.25, -0.2) is 0 Å². The molecule has 0 atom stereocenters. The average Bonchev–Trinajstić information content (AvgIpc) is 3.03. The number of carbonyl (C=O) groups is 2. The SMILES string of the molecule is NC(=O)c1ccccc1CCC(=O)NCCc1c[nH]c2ccccc12.